The maximum absolute atomic E-state index is 9.86. The second-order valence-electron chi connectivity index (χ2n) is 2.08. The number of hydrogen-bond acceptors (Lipinski definition) is 4. The average molecular weight is 187 g/mol. The number of hydrogen-bond donors (Lipinski definition) is 1. The smallest absolute Gasteiger partial charge is 0.293 e. The van der Waals surface area contributed by atoms with Gasteiger partial charge in [0.15, 0.2) is 5.15 Å². The first-order valence-electron chi connectivity index (χ1n) is 3.20. The maximum atomic E-state index is 9.86. The number of anilines is 1. The Morgan fingerprint density at radius 3 is 3.17 bits per heavy atom. The highest BCUT2D eigenvalue weighted by atomic mass is 35.5. The Morgan fingerprint density at radius 1 is 1.75 bits per heavy atom. The van der Waals surface area contributed by atoms with Crippen molar-refractivity contribution >= 4 is 23.8 Å². The molecule has 0 aliphatic heterocycles. The quantitative estimate of drug-likeness (QED) is 0.565. The van der Waals surface area contributed by atoms with Crippen molar-refractivity contribution in [3.05, 3.63) is 23.0 Å². The summed E-state index contributed by atoms with van der Waals surface area (Å²) in [7, 11) is 0. The molecule has 0 radical (unpaired) electrons. The Bertz CT molecular complexity index is 291. The molecule has 0 spiro atoms. The van der Waals surface area contributed by atoms with E-state index < -0.39 is 0 Å². The Hall–Kier alpha value is -1.29. The molecule has 0 aliphatic carbocycles. The molecule has 0 saturated carbocycles. The van der Waals surface area contributed by atoms with E-state index in [1.54, 1.807) is 6.07 Å². The summed E-state index contributed by atoms with van der Waals surface area (Å²) in [6.45, 7) is 0.478. The van der Waals surface area contributed by atoms with E-state index >= 15 is 0 Å². The molecule has 2 N–H and O–H groups in total. The summed E-state index contributed by atoms with van der Waals surface area (Å²) in [5.74, 6) is 0. The Morgan fingerprint density at radius 2 is 2.50 bits per heavy atom. The van der Waals surface area contributed by atoms with Crippen molar-refractivity contribution < 1.29 is 9.53 Å². The van der Waals surface area contributed by atoms with E-state index in [-0.39, 0.29) is 11.8 Å². The van der Waals surface area contributed by atoms with E-state index in [2.05, 4.69) is 9.72 Å². The largest absolute Gasteiger partial charge is 0.463 e. The van der Waals surface area contributed by atoms with Crippen LogP contribution in [0.1, 0.15) is 5.56 Å². The van der Waals surface area contributed by atoms with Gasteiger partial charge in [-0.05, 0) is 6.07 Å². The third kappa shape index (κ3) is 1.85. The van der Waals surface area contributed by atoms with Gasteiger partial charge in [0.25, 0.3) is 6.47 Å². The van der Waals surface area contributed by atoms with Crippen LogP contribution in [0.25, 0.3) is 0 Å². The van der Waals surface area contributed by atoms with E-state index in [0.29, 0.717) is 17.7 Å². The number of nitrogen functional groups attached to an aromatic ring is 1. The third-order valence-corrected chi connectivity index (χ3v) is 1.64. The van der Waals surface area contributed by atoms with Crippen molar-refractivity contribution in [1.82, 2.24) is 4.98 Å². The first-order chi connectivity index (χ1) is 5.75. The van der Waals surface area contributed by atoms with Gasteiger partial charge >= 0.3 is 0 Å². The van der Waals surface area contributed by atoms with Crippen LogP contribution in [0.4, 0.5) is 5.69 Å². The van der Waals surface area contributed by atoms with Crippen molar-refractivity contribution in [2.75, 3.05) is 5.73 Å². The number of halogens is 1. The molecule has 1 rings (SSSR count). The molecule has 1 aromatic heterocycles. The van der Waals surface area contributed by atoms with Crippen LogP contribution < -0.4 is 5.73 Å². The summed E-state index contributed by atoms with van der Waals surface area (Å²) in [5.41, 5.74) is 6.54. The first kappa shape index (κ1) is 8.80. The molecule has 0 aromatic carbocycles. The zero-order valence-corrected chi connectivity index (χ0v) is 6.91. The lowest BCUT2D eigenvalue weighted by molar-refractivity contribution is -0.129. The summed E-state index contributed by atoms with van der Waals surface area (Å²) in [6, 6.07) is 1.64. The fraction of sp³-hybridized carbons (Fsp3) is 0.143. The van der Waals surface area contributed by atoms with E-state index in [0.717, 1.165) is 0 Å². The Balaban J connectivity index is 2.84. The molecule has 0 aliphatic rings. The predicted molar refractivity (Wildman–Crippen MR) is 44.5 cm³/mol. The topological polar surface area (TPSA) is 65.2 Å². The number of ether oxygens (including phenoxy) is 1. The van der Waals surface area contributed by atoms with Crippen LogP contribution in [0.3, 0.4) is 0 Å². The van der Waals surface area contributed by atoms with Crippen molar-refractivity contribution in [2.45, 2.75) is 6.61 Å². The fourth-order valence-corrected chi connectivity index (χ4v) is 0.912. The van der Waals surface area contributed by atoms with Gasteiger partial charge in [0, 0.05) is 11.8 Å². The number of rotatable bonds is 3. The highest BCUT2D eigenvalue weighted by molar-refractivity contribution is 6.31. The molecule has 12 heavy (non-hydrogen) atoms. The molecule has 0 saturated heterocycles. The lowest BCUT2D eigenvalue weighted by Gasteiger charge is -2.03. The molecule has 0 bridgehead atoms. The van der Waals surface area contributed by atoms with Crippen molar-refractivity contribution in [3.63, 3.8) is 0 Å². The molecule has 4 nitrogen and oxygen atoms in total. The van der Waals surface area contributed by atoms with E-state index in [4.69, 9.17) is 17.3 Å². The number of nitrogens with zero attached hydrogens (tertiary/aromatic N) is 1. The van der Waals surface area contributed by atoms with Crippen LogP contribution in [0.5, 0.6) is 0 Å². The molecule has 1 heterocycles. The lowest BCUT2D eigenvalue weighted by Crippen LogP contribution is -1.98. The highest BCUT2D eigenvalue weighted by Crippen LogP contribution is 2.19. The fourth-order valence-electron chi connectivity index (χ4n) is 0.734. The molecule has 0 fully saturated rings. The molecular formula is C7H7ClN2O2. The Labute approximate surface area is 74.3 Å². The first-order valence-corrected chi connectivity index (χ1v) is 3.57. The summed E-state index contributed by atoms with van der Waals surface area (Å²) >= 11 is 5.61. The van der Waals surface area contributed by atoms with Gasteiger partial charge in [-0.2, -0.15) is 0 Å². The average Bonchev–Trinajstić information content (AvgIpc) is 2.08. The van der Waals surface area contributed by atoms with Gasteiger partial charge in [0.2, 0.25) is 0 Å². The van der Waals surface area contributed by atoms with Gasteiger partial charge in [0.1, 0.15) is 6.61 Å². The minimum atomic E-state index is 0.123. The summed E-state index contributed by atoms with van der Waals surface area (Å²) in [5, 5.41) is 0.224. The van der Waals surface area contributed by atoms with Gasteiger partial charge < -0.3 is 10.5 Å². The molecule has 0 atom stereocenters. The van der Waals surface area contributed by atoms with Gasteiger partial charge in [-0.1, -0.05) is 11.6 Å². The predicted octanol–water partition coefficient (Wildman–Crippen LogP) is 0.990. The van der Waals surface area contributed by atoms with Gasteiger partial charge in [-0.25, -0.2) is 4.98 Å². The molecule has 0 amide bonds. The summed E-state index contributed by atoms with van der Waals surface area (Å²) in [4.78, 5) is 13.6. The standard InChI is InChI=1S/C7H7ClN2O2/c8-7-6(9)5(1-2-10-7)3-12-4-11/h1-2,4H,3,9H2. The minimum absolute atomic E-state index is 0.123. The van der Waals surface area contributed by atoms with Crippen molar-refractivity contribution in [1.29, 1.82) is 0 Å². The molecule has 5 heteroatoms. The number of pyridine rings is 1. The molecular weight excluding hydrogens is 180 g/mol. The summed E-state index contributed by atoms with van der Waals surface area (Å²) < 4.78 is 4.51. The highest BCUT2D eigenvalue weighted by Gasteiger charge is 2.03. The maximum Gasteiger partial charge on any atom is 0.293 e. The Kier molecular flexibility index (Phi) is 2.88. The van der Waals surface area contributed by atoms with E-state index in [1.807, 2.05) is 0 Å². The van der Waals surface area contributed by atoms with Crippen molar-refractivity contribution in [3.8, 4) is 0 Å². The SMILES string of the molecule is Nc1c(COC=O)ccnc1Cl. The van der Waals surface area contributed by atoms with Gasteiger partial charge in [-0.15, -0.1) is 0 Å². The lowest BCUT2D eigenvalue weighted by atomic mass is 10.2. The van der Waals surface area contributed by atoms with E-state index in [1.165, 1.54) is 6.20 Å². The van der Waals surface area contributed by atoms with Crippen LogP contribution in [0.15, 0.2) is 12.3 Å². The normalized spacial score (nSPS) is 9.42. The van der Waals surface area contributed by atoms with Gasteiger partial charge in [0.05, 0.1) is 5.69 Å². The van der Waals surface area contributed by atoms with E-state index in [9.17, 15) is 4.79 Å². The number of carbonyl (C=O) groups is 1. The van der Waals surface area contributed by atoms with Crippen LogP contribution >= 0.6 is 11.6 Å². The van der Waals surface area contributed by atoms with Gasteiger partial charge in [-0.3, -0.25) is 4.79 Å². The summed E-state index contributed by atoms with van der Waals surface area (Å²) in [6.07, 6.45) is 1.50. The second-order valence-corrected chi connectivity index (χ2v) is 2.44. The van der Waals surface area contributed by atoms with Crippen LogP contribution in [0.2, 0.25) is 5.15 Å². The number of carbonyl (C=O) groups excluding carboxylic acids is 1. The monoisotopic (exact) mass is 186 g/mol. The van der Waals surface area contributed by atoms with Crippen LogP contribution in [-0.4, -0.2) is 11.5 Å². The van der Waals surface area contributed by atoms with Crippen LogP contribution in [0, 0.1) is 0 Å². The zero-order valence-electron chi connectivity index (χ0n) is 6.16. The number of nitrogens with two attached hydrogens (primary N) is 1. The third-order valence-electron chi connectivity index (χ3n) is 1.34. The molecule has 1 aromatic rings. The molecule has 64 valence electrons. The molecule has 0 unspecified atom stereocenters. The zero-order chi connectivity index (χ0) is 8.97. The van der Waals surface area contributed by atoms with Crippen molar-refractivity contribution in [2.24, 2.45) is 0 Å². The van der Waals surface area contributed by atoms with Crippen LogP contribution in [-0.2, 0) is 16.1 Å². The second kappa shape index (κ2) is 3.92. The minimum Gasteiger partial charge on any atom is -0.463 e. The number of aromatic nitrogens is 1.